The van der Waals surface area contributed by atoms with E-state index in [2.05, 4.69) is 10.6 Å². The lowest BCUT2D eigenvalue weighted by Crippen LogP contribution is -2.42. The predicted octanol–water partition coefficient (Wildman–Crippen LogP) is 2.67. The van der Waals surface area contributed by atoms with Crippen molar-refractivity contribution in [3.05, 3.63) is 36.4 Å². The van der Waals surface area contributed by atoms with Crippen molar-refractivity contribution in [2.24, 2.45) is 0 Å². The first-order chi connectivity index (χ1) is 13.1. The van der Waals surface area contributed by atoms with Gasteiger partial charge in [-0.05, 0) is 12.1 Å². The van der Waals surface area contributed by atoms with Crippen molar-refractivity contribution in [1.29, 1.82) is 0 Å². The summed E-state index contributed by atoms with van der Waals surface area (Å²) >= 11 is 0. The van der Waals surface area contributed by atoms with Crippen LogP contribution >= 0.6 is 0 Å². The van der Waals surface area contributed by atoms with Gasteiger partial charge in [0.1, 0.15) is 6.61 Å². The zero-order valence-corrected chi connectivity index (χ0v) is 15.4. The molecule has 1 heterocycles. The highest BCUT2D eigenvalue weighted by atomic mass is 16.6. The number of carbonyl (C=O) groups excluding carboxylic acids is 1. The van der Waals surface area contributed by atoms with Crippen LogP contribution in [0.1, 0.15) is 0 Å². The summed E-state index contributed by atoms with van der Waals surface area (Å²) in [5, 5.41) is 5.51. The Bertz CT molecular complexity index is 786. The minimum absolute atomic E-state index is 0.273. The molecule has 0 radical (unpaired) electrons. The van der Waals surface area contributed by atoms with Crippen LogP contribution in [-0.2, 0) is 0 Å². The van der Waals surface area contributed by atoms with Crippen molar-refractivity contribution in [1.82, 2.24) is 5.32 Å². The van der Waals surface area contributed by atoms with Crippen LogP contribution in [0.25, 0.3) is 0 Å². The fourth-order valence-electron chi connectivity index (χ4n) is 2.70. The van der Waals surface area contributed by atoms with Gasteiger partial charge in [-0.25, -0.2) is 4.79 Å². The molecule has 1 aliphatic rings. The Morgan fingerprint density at radius 3 is 2.37 bits per heavy atom. The number of hydrogen-bond acceptors (Lipinski definition) is 6. The van der Waals surface area contributed by atoms with Crippen molar-refractivity contribution >= 4 is 11.7 Å². The largest absolute Gasteiger partial charge is 0.493 e. The van der Waals surface area contributed by atoms with Crippen LogP contribution < -0.4 is 34.3 Å². The van der Waals surface area contributed by atoms with Gasteiger partial charge in [0.15, 0.2) is 29.1 Å². The van der Waals surface area contributed by atoms with E-state index in [9.17, 15) is 4.79 Å². The summed E-state index contributed by atoms with van der Waals surface area (Å²) in [6, 6.07) is 10.3. The first-order valence-corrected chi connectivity index (χ1v) is 8.38. The van der Waals surface area contributed by atoms with Gasteiger partial charge in [0, 0.05) is 12.1 Å². The van der Waals surface area contributed by atoms with Gasteiger partial charge in [-0.2, -0.15) is 0 Å². The topological polar surface area (TPSA) is 87.3 Å². The molecule has 2 aromatic rings. The zero-order valence-electron chi connectivity index (χ0n) is 15.4. The van der Waals surface area contributed by atoms with E-state index in [1.54, 1.807) is 12.1 Å². The molecule has 1 atom stereocenters. The zero-order chi connectivity index (χ0) is 19.2. The number of urea groups is 1. The van der Waals surface area contributed by atoms with Crippen LogP contribution in [0.15, 0.2) is 36.4 Å². The molecule has 0 saturated heterocycles. The number of ether oxygens (including phenoxy) is 5. The van der Waals surface area contributed by atoms with Gasteiger partial charge in [0.2, 0.25) is 5.75 Å². The highest BCUT2D eigenvalue weighted by molar-refractivity contribution is 5.90. The minimum atomic E-state index is -0.383. The number of para-hydroxylation sites is 2. The Balaban J connectivity index is 1.58. The van der Waals surface area contributed by atoms with Gasteiger partial charge in [-0.15, -0.1) is 0 Å². The molecule has 0 fully saturated rings. The van der Waals surface area contributed by atoms with Crippen LogP contribution in [0.4, 0.5) is 10.5 Å². The molecule has 0 aliphatic carbocycles. The fraction of sp³-hybridized carbons (Fsp3) is 0.316. The third kappa shape index (κ3) is 4.28. The van der Waals surface area contributed by atoms with Crippen LogP contribution in [0.5, 0.6) is 28.7 Å². The van der Waals surface area contributed by atoms with Crippen molar-refractivity contribution in [2.45, 2.75) is 6.10 Å². The predicted molar refractivity (Wildman–Crippen MR) is 99.5 cm³/mol. The van der Waals surface area contributed by atoms with Gasteiger partial charge >= 0.3 is 6.03 Å². The van der Waals surface area contributed by atoms with Crippen molar-refractivity contribution < 1.29 is 28.5 Å². The molecule has 8 nitrogen and oxygen atoms in total. The summed E-state index contributed by atoms with van der Waals surface area (Å²) in [5.41, 5.74) is 0.508. The number of methoxy groups -OCH3 is 3. The van der Waals surface area contributed by atoms with Crippen LogP contribution in [-0.4, -0.2) is 46.6 Å². The molecule has 0 aromatic heterocycles. The molecule has 0 bridgehead atoms. The maximum atomic E-state index is 12.2. The molecule has 2 aromatic carbocycles. The molecule has 27 heavy (non-hydrogen) atoms. The summed E-state index contributed by atoms with van der Waals surface area (Å²) in [6.45, 7) is 0.659. The molecular formula is C19H22N2O6. The Kier molecular flexibility index (Phi) is 5.75. The summed E-state index contributed by atoms with van der Waals surface area (Å²) < 4.78 is 27.3. The smallest absolute Gasteiger partial charge is 0.319 e. The molecule has 0 saturated carbocycles. The minimum Gasteiger partial charge on any atom is -0.493 e. The van der Waals surface area contributed by atoms with E-state index in [1.807, 2.05) is 24.3 Å². The second-order valence-corrected chi connectivity index (χ2v) is 5.75. The van der Waals surface area contributed by atoms with E-state index in [4.69, 9.17) is 23.7 Å². The number of carbonyl (C=O) groups is 1. The highest BCUT2D eigenvalue weighted by Gasteiger charge is 2.21. The Morgan fingerprint density at radius 2 is 1.74 bits per heavy atom. The van der Waals surface area contributed by atoms with Gasteiger partial charge in [-0.3, -0.25) is 0 Å². The third-order valence-electron chi connectivity index (χ3n) is 3.98. The normalized spacial score (nSPS) is 14.9. The average Bonchev–Trinajstić information content (AvgIpc) is 2.71. The molecule has 2 N–H and O–H groups in total. The SMILES string of the molecule is COc1cc(NC(=O)NCC2COc3ccccc3O2)cc(OC)c1OC. The Morgan fingerprint density at radius 1 is 1.07 bits per heavy atom. The van der Waals surface area contributed by atoms with Gasteiger partial charge in [0.25, 0.3) is 0 Å². The van der Waals surface area contributed by atoms with E-state index in [0.29, 0.717) is 47.6 Å². The lowest BCUT2D eigenvalue weighted by Gasteiger charge is -2.26. The molecule has 0 spiro atoms. The number of amides is 2. The summed E-state index contributed by atoms with van der Waals surface area (Å²) in [4.78, 5) is 12.2. The van der Waals surface area contributed by atoms with Crippen LogP contribution in [0, 0.1) is 0 Å². The number of anilines is 1. The Hall–Kier alpha value is -3.29. The summed E-state index contributed by atoms with van der Waals surface area (Å²) in [6.07, 6.45) is -0.273. The van der Waals surface area contributed by atoms with Crippen LogP contribution in [0.3, 0.4) is 0 Å². The van der Waals surface area contributed by atoms with E-state index in [1.165, 1.54) is 21.3 Å². The fourth-order valence-corrected chi connectivity index (χ4v) is 2.70. The molecule has 144 valence electrons. The van der Waals surface area contributed by atoms with E-state index < -0.39 is 0 Å². The Labute approximate surface area is 157 Å². The second kappa shape index (κ2) is 8.39. The number of benzene rings is 2. The van der Waals surface area contributed by atoms with Crippen molar-refractivity contribution in [3.63, 3.8) is 0 Å². The molecule has 3 rings (SSSR count). The summed E-state index contributed by atoms with van der Waals surface area (Å²) in [7, 11) is 4.55. The maximum absolute atomic E-state index is 12.2. The number of nitrogens with one attached hydrogen (secondary N) is 2. The number of fused-ring (bicyclic) bond motifs is 1. The van der Waals surface area contributed by atoms with E-state index in [-0.39, 0.29) is 12.1 Å². The average molecular weight is 374 g/mol. The van der Waals surface area contributed by atoms with Crippen molar-refractivity contribution in [3.8, 4) is 28.7 Å². The number of hydrogen-bond donors (Lipinski definition) is 2. The van der Waals surface area contributed by atoms with E-state index in [0.717, 1.165) is 0 Å². The molecule has 1 unspecified atom stereocenters. The third-order valence-corrected chi connectivity index (χ3v) is 3.98. The van der Waals surface area contributed by atoms with E-state index >= 15 is 0 Å². The quantitative estimate of drug-likeness (QED) is 0.808. The lowest BCUT2D eigenvalue weighted by molar-refractivity contribution is 0.0922. The first kappa shape index (κ1) is 18.5. The van der Waals surface area contributed by atoms with Crippen molar-refractivity contribution in [2.75, 3.05) is 39.8 Å². The molecular weight excluding hydrogens is 352 g/mol. The highest BCUT2D eigenvalue weighted by Crippen LogP contribution is 2.39. The molecule has 1 aliphatic heterocycles. The van der Waals surface area contributed by atoms with Gasteiger partial charge < -0.3 is 34.3 Å². The summed E-state index contributed by atoms with van der Waals surface area (Å²) in [5.74, 6) is 2.73. The molecule has 2 amide bonds. The standard InChI is InChI=1S/C19H22N2O6/c1-23-16-8-12(9-17(24-2)18(16)25-3)21-19(22)20-10-13-11-26-14-6-4-5-7-15(14)27-13/h4-9,13H,10-11H2,1-3H3,(H2,20,21,22). The first-order valence-electron chi connectivity index (χ1n) is 8.38. The van der Waals surface area contributed by atoms with Crippen LogP contribution in [0.2, 0.25) is 0 Å². The second-order valence-electron chi connectivity index (χ2n) is 5.75. The lowest BCUT2D eigenvalue weighted by atomic mass is 10.2. The number of rotatable bonds is 6. The van der Waals surface area contributed by atoms with Gasteiger partial charge in [0.05, 0.1) is 33.6 Å². The monoisotopic (exact) mass is 374 g/mol. The maximum Gasteiger partial charge on any atom is 0.319 e. The van der Waals surface area contributed by atoms with Gasteiger partial charge in [-0.1, -0.05) is 12.1 Å². The molecule has 8 heteroatoms.